The highest BCUT2D eigenvalue weighted by Crippen LogP contribution is 2.30. The molecule has 1 amide bonds. The highest BCUT2D eigenvalue weighted by Gasteiger charge is 2.26. The first-order valence-electron chi connectivity index (χ1n) is 11.9. The van der Waals surface area contributed by atoms with Gasteiger partial charge < -0.3 is 9.72 Å². The molecule has 4 aromatic rings. The minimum absolute atomic E-state index is 0.00923. The second-order valence-electron chi connectivity index (χ2n) is 8.94. The fraction of sp³-hybridized carbons (Fsp3) is 0.333. The molecule has 1 aromatic carbocycles. The monoisotopic (exact) mass is 490 g/mol. The molecule has 5 rings (SSSR count). The molecule has 1 unspecified atom stereocenters. The van der Waals surface area contributed by atoms with Gasteiger partial charge in [-0.05, 0) is 67.6 Å². The molecular formula is C27H30N4OS2. The third-order valence-electron chi connectivity index (χ3n) is 6.51. The lowest BCUT2D eigenvalue weighted by Gasteiger charge is -2.36. The van der Waals surface area contributed by atoms with Gasteiger partial charge in [-0.25, -0.2) is 4.98 Å². The number of thioether (sulfide) groups is 1. The molecule has 1 N–H and O–H groups in total. The van der Waals surface area contributed by atoms with Crippen molar-refractivity contribution in [1.82, 2.24) is 19.6 Å². The molecule has 0 spiro atoms. The van der Waals surface area contributed by atoms with Gasteiger partial charge in [-0.1, -0.05) is 31.2 Å². The maximum Gasteiger partial charge on any atom is 0.252 e. The van der Waals surface area contributed by atoms with Gasteiger partial charge in [0.15, 0.2) is 0 Å². The van der Waals surface area contributed by atoms with E-state index in [0.717, 1.165) is 46.6 Å². The molecule has 0 aliphatic carbocycles. The number of piperidine rings is 1. The highest BCUT2D eigenvalue weighted by molar-refractivity contribution is 7.98. The normalized spacial score (nSPS) is 16.0. The predicted molar refractivity (Wildman–Crippen MR) is 141 cm³/mol. The van der Waals surface area contributed by atoms with E-state index in [1.165, 1.54) is 17.7 Å². The van der Waals surface area contributed by atoms with Crippen molar-refractivity contribution in [2.75, 3.05) is 19.6 Å². The molecule has 1 aliphatic rings. The zero-order chi connectivity index (χ0) is 23.3. The number of pyridine rings is 1. The maximum absolute atomic E-state index is 13.3. The van der Waals surface area contributed by atoms with Crippen LogP contribution >= 0.6 is 23.1 Å². The molecular weight excluding hydrogens is 460 g/mol. The summed E-state index contributed by atoms with van der Waals surface area (Å²) < 4.78 is 2.03. The molecule has 0 radical (unpaired) electrons. The van der Waals surface area contributed by atoms with Crippen LogP contribution in [0.4, 0.5) is 0 Å². The topological polar surface area (TPSA) is 49.6 Å². The van der Waals surface area contributed by atoms with Gasteiger partial charge in [0.1, 0.15) is 5.65 Å². The van der Waals surface area contributed by atoms with Crippen LogP contribution in [0.5, 0.6) is 0 Å². The van der Waals surface area contributed by atoms with Crippen LogP contribution < -0.4 is 5.32 Å². The Morgan fingerprint density at radius 2 is 1.97 bits per heavy atom. The molecule has 1 fully saturated rings. The van der Waals surface area contributed by atoms with Gasteiger partial charge in [0, 0.05) is 34.5 Å². The fourth-order valence-electron chi connectivity index (χ4n) is 4.50. The summed E-state index contributed by atoms with van der Waals surface area (Å²) in [6.45, 7) is 5.13. The number of hydrogen-bond acceptors (Lipinski definition) is 5. The van der Waals surface area contributed by atoms with E-state index in [1.54, 1.807) is 23.1 Å². The molecule has 1 saturated heterocycles. The number of hydrogen-bond donors (Lipinski definition) is 1. The lowest BCUT2D eigenvalue weighted by molar-refractivity contribution is 0.0912. The number of nitrogens with one attached hydrogen (secondary N) is 1. The Hall–Kier alpha value is -2.61. The van der Waals surface area contributed by atoms with Crippen LogP contribution in [-0.4, -0.2) is 39.8 Å². The fourth-order valence-corrected chi connectivity index (χ4v) is 6.30. The molecule has 1 atom stereocenters. The van der Waals surface area contributed by atoms with E-state index in [4.69, 9.17) is 0 Å². The molecule has 0 bridgehead atoms. The zero-order valence-corrected chi connectivity index (χ0v) is 21.0. The van der Waals surface area contributed by atoms with Gasteiger partial charge in [-0.3, -0.25) is 9.69 Å². The first kappa shape index (κ1) is 23.1. The van der Waals surface area contributed by atoms with Gasteiger partial charge in [0.2, 0.25) is 0 Å². The average molecular weight is 491 g/mol. The zero-order valence-electron chi connectivity index (χ0n) is 19.4. The largest absolute Gasteiger partial charge is 0.350 e. The predicted octanol–water partition coefficient (Wildman–Crippen LogP) is 5.89. The van der Waals surface area contributed by atoms with Crippen LogP contribution in [0.25, 0.3) is 5.65 Å². The van der Waals surface area contributed by atoms with Crippen molar-refractivity contribution in [2.45, 2.75) is 36.5 Å². The first-order valence-corrected chi connectivity index (χ1v) is 13.7. The number of aromatic nitrogens is 2. The third-order valence-corrected chi connectivity index (χ3v) is 8.59. The van der Waals surface area contributed by atoms with Crippen LogP contribution in [0.15, 0.2) is 77.3 Å². The number of thiophene rings is 1. The molecule has 0 saturated carbocycles. The number of rotatable bonds is 8. The summed E-state index contributed by atoms with van der Waals surface area (Å²) >= 11 is 3.44. The van der Waals surface area contributed by atoms with Gasteiger partial charge in [-0.2, -0.15) is 0 Å². The van der Waals surface area contributed by atoms with Crippen LogP contribution in [0, 0.1) is 5.92 Å². The summed E-state index contributed by atoms with van der Waals surface area (Å²) in [7, 11) is 0. The van der Waals surface area contributed by atoms with E-state index in [0.29, 0.717) is 6.54 Å². The summed E-state index contributed by atoms with van der Waals surface area (Å²) in [5.41, 5.74) is 2.67. The van der Waals surface area contributed by atoms with Crippen molar-refractivity contribution in [2.24, 2.45) is 5.92 Å². The summed E-state index contributed by atoms with van der Waals surface area (Å²) in [5, 5.41) is 5.38. The van der Waals surface area contributed by atoms with Gasteiger partial charge in [0.05, 0.1) is 17.3 Å². The average Bonchev–Trinajstić information content (AvgIpc) is 3.54. The second-order valence-corrected chi connectivity index (χ2v) is 10.9. The lowest BCUT2D eigenvalue weighted by atomic mass is 9.97. The Kier molecular flexibility index (Phi) is 7.33. The Morgan fingerprint density at radius 3 is 2.76 bits per heavy atom. The number of nitrogens with zero attached hydrogens (tertiary/aromatic N) is 3. The molecule has 4 heterocycles. The second kappa shape index (κ2) is 10.8. The Labute approximate surface area is 209 Å². The third kappa shape index (κ3) is 5.37. The van der Waals surface area contributed by atoms with E-state index in [9.17, 15) is 4.79 Å². The Morgan fingerprint density at radius 1 is 1.15 bits per heavy atom. The van der Waals surface area contributed by atoms with Gasteiger partial charge in [0.25, 0.3) is 5.91 Å². The smallest absolute Gasteiger partial charge is 0.252 e. The van der Waals surface area contributed by atoms with Crippen LogP contribution in [0.1, 0.15) is 46.7 Å². The highest BCUT2D eigenvalue weighted by atomic mass is 32.2. The lowest BCUT2D eigenvalue weighted by Crippen LogP contribution is -2.41. The Balaban J connectivity index is 1.26. The molecule has 7 heteroatoms. The number of carbonyl (C=O) groups is 1. The number of benzene rings is 1. The molecule has 1 aliphatic heterocycles. The SMILES string of the molecule is CC1CCN(C(CNC(=O)c2ccccc2SCc2cn3ccccc3n2)c2cccs2)CC1. The van der Waals surface area contributed by atoms with E-state index in [2.05, 4.69) is 45.8 Å². The first-order chi connectivity index (χ1) is 16.7. The quantitative estimate of drug-likeness (QED) is 0.313. The summed E-state index contributed by atoms with van der Waals surface area (Å²) in [5.74, 6) is 1.49. The molecule has 5 nitrogen and oxygen atoms in total. The number of carbonyl (C=O) groups excluding carboxylic acids is 1. The molecule has 34 heavy (non-hydrogen) atoms. The summed E-state index contributed by atoms with van der Waals surface area (Å²) in [4.78, 5) is 22.8. The summed E-state index contributed by atoms with van der Waals surface area (Å²) in [6, 6.07) is 18.4. The van der Waals surface area contributed by atoms with E-state index >= 15 is 0 Å². The van der Waals surface area contributed by atoms with Gasteiger partial charge in [-0.15, -0.1) is 23.1 Å². The van der Waals surface area contributed by atoms with E-state index < -0.39 is 0 Å². The molecule has 3 aromatic heterocycles. The number of amides is 1. The van der Waals surface area contributed by atoms with Crippen molar-refractivity contribution in [1.29, 1.82) is 0 Å². The van der Waals surface area contributed by atoms with Crippen LogP contribution in [0.3, 0.4) is 0 Å². The van der Waals surface area contributed by atoms with Crippen LogP contribution in [0.2, 0.25) is 0 Å². The Bertz CT molecular complexity index is 1200. The van der Waals surface area contributed by atoms with Crippen molar-refractivity contribution in [3.05, 3.63) is 88.5 Å². The summed E-state index contributed by atoms with van der Waals surface area (Å²) in [6.07, 6.45) is 6.50. The molecule has 176 valence electrons. The minimum Gasteiger partial charge on any atom is -0.350 e. The van der Waals surface area contributed by atoms with Crippen molar-refractivity contribution in [3.63, 3.8) is 0 Å². The standard InChI is InChI=1S/C27H30N4OS2/c1-20-11-14-30(15-12-20)23(25-9-6-16-33-25)17-28-27(32)22-7-2-3-8-24(22)34-19-21-18-31-13-5-4-10-26(31)29-21/h2-10,13,16,18,20,23H,11-12,14-15,17,19H2,1H3,(H,28,32). The van der Waals surface area contributed by atoms with Gasteiger partial charge >= 0.3 is 0 Å². The van der Waals surface area contributed by atoms with E-state index in [1.807, 2.05) is 53.1 Å². The number of fused-ring (bicyclic) bond motifs is 1. The van der Waals surface area contributed by atoms with Crippen LogP contribution in [-0.2, 0) is 5.75 Å². The maximum atomic E-state index is 13.3. The van der Waals surface area contributed by atoms with Crippen molar-refractivity contribution in [3.8, 4) is 0 Å². The minimum atomic E-state index is -0.00923. The number of imidazole rings is 1. The van der Waals surface area contributed by atoms with Crippen molar-refractivity contribution < 1.29 is 4.79 Å². The number of likely N-dealkylation sites (tertiary alicyclic amines) is 1. The van der Waals surface area contributed by atoms with E-state index in [-0.39, 0.29) is 11.9 Å². The van der Waals surface area contributed by atoms with Crippen molar-refractivity contribution >= 4 is 34.7 Å².